The van der Waals surface area contributed by atoms with Gasteiger partial charge in [0.1, 0.15) is 11.8 Å². The first-order valence-electron chi connectivity index (χ1n) is 7.43. The molecule has 1 unspecified atom stereocenters. The fourth-order valence-electron chi connectivity index (χ4n) is 2.36. The van der Waals surface area contributed by atoms with Gasteiger partial charge in [0.05, 0.1) is 24.7 Å². The van der Waals surface area contributed by atoms with Crippen molar-refractivity contribution < 1.29 is 17.9 Å². The number of anilines is 2. The first-order valence-corrected chi connectivity index (χ1v) is 10.1. The van der Waals surface area contributed by atoms with E-state index in [1.807, 2.05) is 6.07 Å². The van der Waals surface area contributed by atoms with Gasteiger partial charge < -0.3 is 10.1 Å². The lowest BCUT2D eigenvalue weighted by Crippen LogP contribution is -2.45. The number of nitrogens with one attached hydrogen (secondary N) is 1. The minimum absolute atomic E-state index is 0.358. The van der Waals surface area contributed by atoms with Crippen LogP contribution in [0.15, 0.2) is 53.0 Å². The maximum atomic E-state index is 12.6. The second-order valence-corrected chi connectivity index (χ2v) is 8.12. The maximum Gasteiger partial charge on any atom is 0.248 e. The molecule has 2 aromatic rings. The molecule has 0 aliphatic heterocycles. The maximum absolute atomic E-state index is 12.6. The third kappa shape index (κ3) is 4.73. The zero-order valence-electron chi connectivity index (χ0n) is 14.1. The Hall–Kier alpha value is -2.06. The highest BCUT2D eigenvalue weighted by Gasteiger charge is 2.29. The van der Waals surface area contributed by atoms with Crippen LogP contribution < -0.4 is 14.4 Å². The van der Waals surface area contributed by atoms with Crippen LogP contribution in [0.3, 0.4) is 0 Å². The fourth-order valence-corrected chi connectivity index (χ4v) is 3.91. The number of halogens is 1. The van der Waals surface area contributed by atoms with Gasteiger partial charge in [-0.05, 0) is 47.1 Å². The minimum Gasteiger partial charge on any atom is -0.497 e. The monoisotopic (exact) mass is 426 g/mol. The molecule has 0 saturated heterocycles. The molecule has 2 aromatic carbocycles. The van der Waals surface area contributed by atoms with Crippen LogP contribution in [0.25, 0.3) is 0 Å². The molecule has 0 heterocycles. The van der Waals surface area contributed by atoms with E-state index in [-0.39, 0.29) is 0 Å². The molecule has 0 saturated carbocycles. The molecule has 8 heteroatoms. The van der Waals surface area contributed by atoms with E-state index < -0.39 is 22.0 Å². The molecule has 1 amide bonds. The molecule has 0 aromatic heterocycles. The van der Waals surface area contributed by atoms with Gasteiger partial charge in [-0.3, -0.25) is 9.10 Å². The lowest BCUT2D eigenvalue weighted by molar-refractivity contribution is -0.116. The Morgan fingerprint density at radius 3 is 2.48 bits per heavy atom. The van der Waals surface area contributed by atoms with Gasteiger partial charge >= 0.3 is 0 Å². The summed E-state index contributed by atoms with van der Waals surface area (Å²) >= 11 is 3.35. The number of benzene rings is 2. The second kappa shape index (κ2) is 7.88. The molecule has 0 spiro atoms. The Balaban J connectivity index is 2.34. The van der Waals surface area contributed by atoms with Crippen molar-refractivity contribution >= 4 is 43.2 Å². The first kappa shape index (κ1) is 19.3. The highest BCUT2D eigenvalue weighted by molar-refractivity contribution is 9.10. The van der Waals surface area contributed by atoms with E-state index in [1.54, 1.807) is 42.5 Å². The summed E-state index contributed by atoms with van der Waals surface area (Å²) in [4.78, 5) is 12.6. The molecular formula is C17H19BrN2O4S. The molecule has 134 valence electrons. The quantitative estimate of drug-likeness (QED) is 0.768. The zero-order valence-corrected chi connectivity index (χ0v) is 16.5. The zero-order chi connectivity index (χ0) is 18.6. The van der Waals surface area contributed by atoms with Gasteiger partial charge in [0, 0.05) is 10.5 Å². The van der Waals surface area contributed by atoms with Gasteiger partial charge in [0.15, 0.2) is 0 Å². The summed E-state index contributed by atoms with van der Waals surface area (Å²) in [6.45, 7) is 1.53. The summed E-state index contributed by atoms with van der Waals surface area (Å²) in [5, 5.41) is 2.74. The summed E-state index contributed by atoms with van der Waals surface area (Å²) in [6, 6.07) is 12.7. The van der Waals surface area contributed by atoms with Crippen LogP contribution in [0.1, 0.15) is 6.92 Å². The van der Waals surface area contributed by atoms with Crippen molar-refractivity contribution in [1.29, 1.82) is 0 Å². The largest absolute Gasteiger partial charge is 0.497 e. The third-order valence-electron chi connectivity index (χ3n) is 3.53. The van der Waals surface area contributed by atoms with Crippen LogP contribution in [0.4, 0.5) is 11.4 Å². The molecule has 25 heavy (non-hydrogen) atoms. The summed E-state index contributed by atoms with van der Waals surface area (Å²) in [5.41, 5.74) is 0.926. The van der Waals surface area contributed by atoms with E-state index in [0.717, 1.165) is 10.6 Å². The van der Waals surface area contributed by atoms with Gasteiger partial charge in [0.2, 0.25) is 15.9 Å². The van der Waals surface area contributed by atoms with Crippen molar-refractivity contribution in [3.8, 4) is 5.75 Å². The van der Waals surface area contributed by atoms with E-state index >= 15 is 0 Å². The van der Waals surface area contributed by atoms with E-state index in [4.69, 9.17) is 4.74 Å². The smallest absolute Gasteiger partial charge is 0.248 e. The van der Waals surface area contributed by atoms with Crippen LogP contribution in [0.2, 0.25) is 0 Å². The molecule has 1 N–H and O–H groups in total. The predicted octanol–water partition coefficient (Wildman–Crippen LogP) is 3.25. The van der Waals surface area contributed by atoms with Crippen LogP contribution in [0, 0.1) is 0 Å². The first-order chi connectivity index (χ1) is 11.7. The lowest BCUT2D eigenvalue weighted by atomic mass is 10.2. The summed E-state index contributed by atoms with van der Waals surface area (Å²) in [5.74, 6) is 0.0599. The molecule has 0 aliphatic rings. The SMILES string of the molecule is COc1cccc(N(C(C)C(=O)Nc2ccccc2Br)S(C)(=O)=O)c1. The molecule has 0 aliphatic carbocycles. The van der Waals surface area contributed by atoms with Gasteiger partial charge in [-0.25, -0.2) is 8.42 Å². The predicted molar refractivity (Wildman–Crippen MR) is 103 cm³/mol. The van der Waals surface area contributed by atoms with Crippen LogP contribution in [0.5, 0.6) is 5.75 Å². The number of para-hydroxylation sites is 1. The Bertz CT molecular complexity index is 870. The third-order valence-corrected chi connectivity index (χ3v) is 5.46. The van der Waals surface area contributed by atoms with Crippen LogP contribution in [-0.2, 0) is 14.8 Å². The average Bonchev–Trinajstić information content (AvgIpc) is 2.56. The van der Waals surface area contributed by atoms with E-state index in [1.165, 1.54) is 14.0 Å². The van der Waals surface area contributed by atoms with E-state index in [0.29, 0.717) is 21.6 Å². The van der Waals surface area contributed by atoms with Crippen LogP contribution >= 0.6 is 15.9 Å². The van der Waals surface area contributed by atoms with Crippen molar-refractivity contribution in [1.82, 2.24) is 0 Å². The summed E-state index contributed by atoms with van der Waals surface area (Å²) < 4.78 is 31.5. The standard InChI is InChI=1S/C17H19BrN2O4S/c1-12(17(21)19-16-10-5-4-9-15(16)18)20(25(3,22)23)13-7-6-8-14(11-13)24-2/h4-12H,1-3H3,(H,19,21). The number of nitrogens with zero attached hydrogens (tertiary/aromatic N) is 1. The molecule has 0 radical (unpaired) electrons. The number of hydrogen-bond donors (Lipinski definition) is 1. The molecule has 0 fully saturated rings. The average molecular weight is 427 g/mol. The second-order valence-electron chi connectivity index (χ2n) is 5.41. The highest BCUT2D eigenvalue weighted by Crippen LogP contribution is 2.26. The topological polar surface area (TPSA) is 75.7 Å². The van der Waals surface area contributed by atoms with Crippen LogP contribution in [-0.4, -0.2) is 33.7 Å². The number of carbonyl (C=O) groups excluding carboxylic acids is 1. The molecule has 1 atom stereocenters. The Kier molecular flexibility index (Phi) is 6.07. The number of carbonyl (C=O) groups is 1. The number of rotatable bonds is 6. The summed E-state index contributed by atoms with van der Waals surface area (Å²) in [7, 11) is -2.19. The highest BCUT2D eigenvalue weighted by atomic mass is 79.9. The molecule has 2 rings (SSSR count). The Morgan fingerprint density at radius 1 is 1.20 bits per heavy atom. The van der Waals surface area contributed by atoms with Gasteiger partial charge in [-0.1, -0.05) is 18.2 Å². The van der Waals surface area contributed by atoms with E-state index in [9.17, 15) is 13.2 Å². The number of sulfonamides is 1. The Morgan fingerprint density at radius 2 is 1.88 bits per heavy atom. The van der Waals surface area contributed by atoms with Crippen molar-refractivity contribution in [2.45, 2.75) is 13.0 Å². The minimum atomic E-state index is -3.68. The molecule has 6 nitrogen and oxygen atoms in total. The normalized spacial score (nSPS) is 12.3. The summed E-state index contributed by atoms with van der Waals surface area (Å²) in [6.07, 6.45) is 1.06. The van der Waals surface area contributed by atoms with Gasteiger partial charge in [-0.15, -0.1) is 0 Å². The van der Waals surface area contributed by atoms with Gasteiger partial charge in [0.25, 0.3) is 0 Å². The number of methoxy groups -OCH3 is 1. The van der Waals surface area contributed by atoms with Crippen molar-refractivity contribution in [3.05, 3.63) is 53.0 Å². The van der Waals surface area contributed by atoms with E-state index in [2.05, 4.69) is 21.2 Å². The lowest BCUT2D eigenvalue weighted by Gasteiger charge is -2.28. The van der Waals surface area contributed by atoms with Gasteiger partial charge in [-0.2, -0.15) is 0 Å². The molecule has 0 bridgehead atoms. The number of ether oxygens (including phenoxy) is 1. The van der Waals surface area contributed by atoms with Crippen molar-refractivity contribution in [2.24, 2.45) is 0 Å². The fraction of sp³-hybridized carbons (Fsp3) is 0.235. The molecular weight excluding hydrogens is 408 g/mol. The van der Waals surface area contributed by atoms with Crippen molar-refractivity contribution in [3.63, 3.8) is 0 Å². The Labute approximate surface area is 156 Å². The number of hydrogen-bond acceptors (Lipinski definition) is 4. The van der Waals surface area contributed by atoms with Crippen molar-refractivity contribution in [2.75, 3.05) is 23.0 Å². The number of amides is 1.